The zero-order valence-corrected chi connectivity index (χ0v) is 11.4. The second kappa shape index (κ2) is 5.52. The Morgan fingerprint density at radius 1 is 1.61 bits per heavy atom. The predicted octanol–water partition coefficient (Wildman–Crippen LogP) is 1.16. The van der Waals surface area contributed by atoms with Gasteiger partial charge in [0.25, 0.3) is 5.56 Å². The van der Waals surface area contributed by atoms with Crippen LogP contribution in [-0.4, -0.2) is 40.1 Å². The van der Waals surface area contributed by atoms with Crippen LogP contribution in [0.3, 0.4) is 0 Å². The van der Waals surface area contributed by atoms with Crippen molar-refractivity contribution >= 4 is 5.82 Å². The van der Waals surface area contributed by atoms with Gasteiger partial charge in [0.1, 0.15) is 0 Å². The molecule has 1 atom stereocenters. The normalized spacial score (nSPS) is 16.9. The van der Waals surface area contributed by atoms with E-state index in [0.717, 1.165) is 12.6 Å². The van der Waals surface area contributed by atoms with Gasteiger partial charge in [0, 0.05) is 37.6 Å². The fourth-order valence-corrected chi connectivity index (χ4v) is 2.05. The highest BCUT2D eigenvalue weighted by atomic mass is 16.1. The van der Waals surface area contributed by atoms with Crippen LogP contribution in [0.4, 0.5) is 5.82 Å². The van der Waals surface area contributed by atoms with Crippen molar-refractivity contribution < 1.29 is 0 Å². The fourth-order valence-electron chi connectivity index (χ4n) is 2.05. The van der Waals surface area contributed by atoms with Gasteiger partial charge in [-0.15, -0.1) is 0 Å². The molecule has 1 aromatic heterocycles. The molecule has 0 spiro atoms. The Morgan fingerprint density at radius 3 is 2.94 bits per heavy atom. The minimum Gasteiger partial charge on any atom is -0.364 e. The van der Waals surface area contributed by atoms with Gasteiger partial charge < -0.3 is 9.88 Å². The van der Waals surface area contributed by atoms with Crippen molar-refractivity contribution in [1.29, 1.82) is 0 Å². The Kier molecular flexibility index (Phi) is 4.01. The van der Waals surface area contributed by atoms with Crippen LogP contribution < -0.4 is 10.9 Å². The molecule has 1 heterocycles. The van der Waals surface area contributed by atoms with Crippen molar-refractivity contribution in [3.8, 4) is 0 Å². The first kappa shape index (κ1) is 13.1. The summed E-state index contributed by atoms with van der Waals surface area (Å²) in [5, 5.41) is 3.16. The Morgan fingerprint density at radius 2 is 2.33 bits per heavy atom. The molecule has 1 fully saturated rings. The minimum absolute atomic E-state index is 0.0405. The third-order valence-electron chi connectivity index (χ3n) is 3.64. The Hall–Kier alpha value is -1.36. The number of hydrogen-bond acceptors (Lipinski definition) is 4. The highest BCUT2D eigenvalue weighted by Gasteiger charge is 2.28. The third-order valence-corrected chi connectivity index (χ3v) is 3.64. The summed E-state index contributed by atoms with van der Waals surface area (Å²) in [6.45, 7) is 5.55. The monoisotopic (exact) mass is 250 g/mol. The summed E-state index contributed by atoms with van der Waals surface area (Å²) in [4.78, 5) is 18.4. The second-order valence-corrected chi connectivity index (χ2v) is 4.99. The Labute approximate surface area is 108 Å². The van der Waals surface area contributed by atoms with Crippen LogP contribution in [0.15, 0.2) is 17.2 Å². The summed E-state index contributed by atoms with van der Waals surface area (Å²) in [5.74, 6) is 0.454. The highest BCUT2D eigenvalue weighted by Crippen LogP contribution is 2.26. The predicted molar refractivity (Wildman–Crippen MR) is 72.9 cm³/mol. The van der Waals surface area contributed by atoms with Gasteiger partial charge in [-0.05, 0) is 33.7 Å². The van der Waals surface area contributed by atoms with Crippen LogP contribution >= 0.6 is 0 Å². The van der Waals surface area contributed by atoms with Crippen molar-refractivity contribution in [1.82, 2.24) is 14.5 Å². The van der Waals surface area contributed by atoms with Crippen LogP contribution in [0.5, 0.6) is 0 Å². The maximum Gasteiger partial charge on any atom is 0.293 e. The van der Waals surface area contributed by atoms with Gasteiger partial charge in [-0.3, -0.25) is 9.69 Å². The van der Waals surface area contributed by atoms with Crippen LogP contribution in [0.2, 0.25) is 0 Å². The van der Waals surface area contributed by atoms with Gasteiger partial charge in [-0.1, -0.05) is 0 Å². The molecule has 5 nitrogen and oxygen atoms in total. The molecule has 0 amide bonds. The van der Waals surface area contributed by atoms with E-state index in [4.69, 9.17) is 0 Å². The second-order valence-electron chi connectivity index (χ2n) is 4.99. The first-order valence-electron chi connectivity index (χ1n) is 6.64. The van der Waals surface area contributed by atoms with Gasteiger partial charge in [0.15, 0.2) is 5.82 Å². The van der Waals surface area contributed by atoms with E-state index in [2.05, 4.69) is 29.2 Å². The Bertz CT molecular complexity index is 453. The molecule has 0 bridgehead atoms. The lowest BCUT2D eigenvalue weighted by atomic mass is 10.3. The lowest BCUT2D eigenvalue weighted by Gasteiger charge is -2.24. The lowest BCUT2D eigenvalue weighted by molar-refractivity contribution is 0.257. The number of nitrogens with zero attached hydrogens (tertiary/aromatic N) is 3. The zero-order valence-electron chi connectivity index (χ0n) is 11.4. The van der Waals surface area contributed by atoms with Crippen molar-refractivity contribution in [2.75, 3.05) is 18.9 Å². The number of nitrogens with one attached hydrogen (secondary N) is 1. The van der Waals surface area contributed by atoms with Gasteiger partial charge in [-0.2, -0.15) is 0 Å². The van der Waals surface area contributed by atoms with Gasteiger partial charge in [0.05, 0.1) is 0 Å². The maximum atomic E-state index is 12.0. The standard InChI is InChI=1S/C13H22N4O/c1-4-17-8-7-14-12(13(17)18)15-9-10(2)16(3)11-5-6-11/h7-8,10-11H,4-6,9H2,1-3H3,(H,14,15). The van der Waals surface area contributed by atoms with E-state index < -0.39 is 0 Å². The summed E-state index contributed by atoms with van der Waals surface area (Å²) < 4.78 is 1.66. The molecule has 5 heteroatoms. The van der Waals surface area contributed by atoms with Crippen molar-refractivity contribution in [2.24, 2.45) is 0 Å². The number of hydrogen-bond donors (Lipinski definition) is 1. The van der Waals surface area contributed by atoms with E-state index in [-0.39, 0.29) is 5.56 Å². The summed E-state index contributed by atoms with van der Waals surface area (Å²) in [6, 6.07) is 1.15. The third kappa shape index (κ3) is 2.90. The molecule has 1 saturated carbocycles. The van der Waals surface area contributed by atoms with Crippen molar-refractivity contribution in [3.63, 3.8) is 0 Å². The molecule has 2 rings (SSSR count). The molecule has 0 radical (unpaired) electrons. The lowest BCUT2D eigenvalue weighted by Crippen LogP contribution is -2.37. The SMILES string of the molecule is CCn1ccnc(NCC(C)N(C)C2CC2)c1=O. The number of aromatic nitrogens is 2. The largest absolute Gasteiger partial charge is 0.364 e. The van der Waals surface area contributed by atoms with Gasteiger partial charge >= 0.3 is 0 Å². The molecule has 1 N–H and O–H groups in total. The van der Waals surface area contributed by atoms with Crippen molar-refractivity contribution in [3.05, 3.63) is 22.7 Å². The average Bonchev–Trinajstić information content (AvgIpc) is 3.20. The van der Waals surface area contributed by atoms with Crippen LogP contribution in [-0.2, 0) is 6.54 Å². The van der Waals surface area contributed by atoms with E-state index in [1.807, 2.05) is 6.92 Å². The van der Waals surface area contributed by atoms with E-state index in [9.17, 15) is 4.79 Å². The van der Waals surface area contributed by atoms with Crippen LogP contribution in [0, 0.1) is 0 Å². The fraction of sp³-hybridized carbons (Fsp3) is 0.692. The molecule has 100 valence electrons. The molecular formula is C13H22N4O. The van der Waals surface area contributed by atoms with Gasteiger partial charge in [-0.25, -0.2) is 4.98 Å². The summed E-state index contributed by atoms with van der Waals surface area (Å²) in [5.41, 5.74) is -0.0405. The number of likely N-dealkylation sites (N-methyl/N-ethyl adjacent to an activating group) is 1. The quantitative estimate of drug-likeness (QED) is 0.823. The molecule has 1 aromatic rings. The molecule has 1 aliphatic carbocycles. The van der Waals surface area contributed by atoms with E-state index in [0.29, 0.717) is 18.4 Å². The Balaban J connectivity index is 1.95. The van der Waals surface area contributed by atoms with Crippen molar-refractivity contribution in [2.45, 2.75) is 45.3 Å². The first-order valence-corrected chi connectivity index (χ1v) is 6.64. The van der Waals surface area contributed by atoms with Crippen LogP contribution in [0.25, 0.3) is 0 Å². The van der Waals surface area contributed by atoms with Crippen LogP contribution in [0.1, 0.15) is 26.7 Å². The molecule has 18 heavy (non-hydrogen) atoms. The highest BCUT2D eigenvalue weighted by molar-refractivity contribution is 5.30. The molecule has 1 unspecified atom stereocenters. The minimum atomic E-state index is -0.0405. The van der Waals surface area contributed by atoms with E-state index in [1.54, 1.807) is 17.0 Å². The molecule has 0 aromatic carbocycles. The average molecular weight is 250 g/mol. The number of aryl methyl sites for hydroxylation is 1. The topological polar surface area (TPSA) is 50.2 Å². The maximum absolute atomic E-state index is 12.0. The molecule has 0 aliphatic heterocycles. The smallest absolute Gasteiger partial charge is 0.293 e. The first-order chi connectivity index (χ1) is 8.63. The molecule has 0 saturated heterocycles. The molecule has 1 aliphatic rings. The zero-order chi connectivity index (χ0) is 13.1. The summed E-state index contributed by atoms with van der Waals surface area (Å²) >= 11 is 0. The molecular weight excluding hydrogens is 228 g/mol. The number of anilines is 1. The van der Waals surface area contributed by atoms with E-state index >= 15 is 0 Å². The van der Waals surface area contributed by atoms with E-state index in [1.165, 1.54) is 12.8 Å². The summed E-state index contributed by atoms with van der Waals surface area (Å²) in [7, 11) is 2.15. The number of rotatable bonds is 6. The summed E-state index contributed by atoms with van der Waals surface area (Å²) in [6.07, 6.45) is 5.98. The van der Waals surface area contributed by atoms with Gasteiger partial charge in [0.2, 0.25) is 0 Å².